The predicted octanol–water partition coefficient (Wildman–Crippen LogP) is 1.51. The van der Waals surface area contributed by atoms with E-state index in [1.54, 1.807) is 0 Å². The van der Waals surface area contributed by atoms with Crippen molar-refractivity contribution in [2.45, 2.75) is 6.92 Å². The summed E-state index contributed by atoms with van der Waals surface area (Å²) in [5.74, 6) is 0.513. The average Bonchev–Trinajstić information content (AvgIpc) is 2.19. The van der Waals surface area contributed by atoms with Crippen molar-refractivity contribution in [3.05, 3.63) is 30.0 Å². The third kappa shape index (κ3) is 1.42. The Hall–Kier alpha value is -1.97. The molecule has 4 heteroatoms. The highest BCUT2D eigenvalue weighted by Crippen LogP contribution is 2.14. The molecule has 0 radical (unpaired) electrons. The number of nitrogens with zero attached hydrogens (tertiary/aromatic N) is 2. The zero-order valence-electron chi connectivity index (χ0n) is 7.69. The molecule has 0 saturated heterocycles. The second-order valence-corrected chi connectivity index (χ2v) is 2.91. The Morgan fingerprint density at radius 2 is 1.86 bits per heavy atom. The summed E-state index contributed by atoms with van der Waals surface area (Å²) in [4.78, 5) is 18.9. The van der Waals surface area contributed by atoms with Gasteiger partial charge in [0.15, 0.2) is 5.82 Å². The summed E-state index contributed by atoms with van der Waals surface area (Å²) < 4.78 is 0. The lowest BCUT2D eigenvalue weighted by molar-refractivity contribution is -0.105. The van der Waals surface area contributed by atoms with E-state index >= 15 is 0 Å². The number of hydrogen-bond donors (Lipinski definition) is 1. The maximum Gasteiger partial charge on any atom is 0.212 e. The second-order valence-electron chi connectivity index (χ2n) is 2.91. The van der Waals surface area contributed by atoms with Gasteiger partial charge in [-0.2, -0.15) is 0 Å². The quantitative estimate of drug-likeness (QED) is 0.725. The third-order valence-electron chi connectivity index (χ3n) is 1.94. The first-order valence-electron chi connectivity index (χ1n) is 4.25. The van der Waals surface area contributed by atoms with Gasteiger partial charge >= 0.3 is 0 Å². The van der Waals surface area contributed by atoms with Gasteiger partial charge in [-0.15, -0.1) is 0 Å². The van der Waals surface area contributed by atoms with Gasteiger partial charge in [0.1, 0.15) is 0 Å². The van der Waals surface area contributed by atoms with E-state index in [1.165, 1.54) is 0 Å². The Bertz CT molecular complexity index is 482. The summed E-state index contributed by atoms with van der Waals surface area (Å²) >= 11 is 0. The Kier molecular flexibility index (Phi) is 2.10. The molecule has 0 bridgehead atoms. The summed E-state index contributed by atoms with van der Waals surface area (Å²) in [6.07, 6.45) is 0.603. The minimum atomic E-state index is 0.513. The highest BCUT2D eigenvalue weighted by atomic mass is 16.1. The van der Waals surface area contributed by atoms with E-state index in [-0.39, 0.29) is 0 Å². The molecule has 4 nitrogen and oxygen atoms in total. The van der Waals surface area contributed by atoms with Crippen molar-refractivity contribution in [3.63, 3.8) is 0 Å². The zero-order chi connectivity index (χ0) is 9.97. The van der Waals surface area contributed by atoms with E-state index in [9.17, 15) is 4.79 Å². The minimum absolute atomic E-state index is 0.513. The van der Waals surface area contributed by atoms with Gasteiger partial charge in [0.25, 0.3) is 0 Å². The molecule has 0 spiro atoms. The number of aromatic nitrogens is 2. The summed E-state index contributed by atoms with van der Waals surface area (Å²) in [5, 5.41) is 2.51. The lowest BCUT2D eigenvalue weighted by Crippen LogP contribution is -2.01. The van der Waals surface area contributed by atoms with Gasteiger partial charge < -0.3 is 5.32 Å². The molecule has 1 aromatic carbocycles. The van der Waals surface area contributed by atoms with Crippen molar-refractivity contribution in [3.8, 4) is 0 Å². The standard InChI is InChI=1S/C10H9N3O/c1-7-10(11-6-14)13-9-5-3-2-4-8(9)12-7/h2-6H,1H3,(H,11,13,14). The van der Waals surface area contributed by atoms with Crippen molar-refractivity contribution < 1.29 is 4.79 Å². The van der Waals surface area contributed by atoms with Gasteiger partial charge in [-0.1, -0.05) is 12.1 Å². The van der Waals surface area contributed by atoms with E-state index < -0.39 is 0 Å². The maximum absolute atomic E-state index is 10.3. The number of carbonyl (C=O) groups excluding carboxylic acids is 1. The lowest BCUT2D eigenvalue weighted by atomic mass is 10.3. The van der Waals surface area contributed by atoms with Crippen LogP contribution in [0.4, 0.5) is 5.82 Å². The SMILES string of the molecule is Cc1nc2ccccc2nc1NC=O. The monoisotopic (exact) mass is 187 g/mol. The van der Waals surface area contributed by atoms with Crippen LogP contribution in [-0.4, -0.2) is 16.4 Å². The van der Waals surface area contributed by atoms with E-state index in [0.717, 1.165) is 16.7 Å². The van der Waals surface area contributed by atoms with Gasteiger partial charge in [0, 0.05) is 0 Å². The van der Waals surface area contributed by atoms with Gasteiger partial charge in [-0.3, -0.25) is 4.79 Å². The number of rotatable bonds is 2. The van der Waals surface area contributed by atoms with Crippen molar-refractivity contribution in [2.24, 2.45) is 0 Å². The first-order chi connectivity index (χ1) is 6.81. The topological polar surface area (TPSA) is 54.9 Å². The number of para-hydroxylation sites is 2. The Morgan fingerprint density at radius 1 is 1.21 bits per heavy atom. The molecule has 1 amide bonds. The maximum atomic E-state index is 10.3. The normalized spacial score (nSPS) is 10.1. The molecular formula is C10H9N3O. The molecule has 1 heterocycles. The van der Waals surface area contributed by atoms with Gasteiger partial charge in [-0.05, 0) is 19.1 Å². The van der Waals surface area contributed by atoms with E-state index in [4.69, 9.17) is 0 Å². The molecule has 0 fully saturated rings. The molecule has 0 unspecified atom stereocenters. The van der Waals surface area contributed by atoms with Crippen LogP contribution in [0.3, 0.4) is 0 Å². The Morgan fingerprint density at radius 3 is 2.50 bits per heavy atom. The largest absolute Gasteiger partial charge is 0.312 e. The fraction of sp³-hybridized carbons (Fsp3) is 0.100. The van der Waals surface area contributed by atoms with Crippen molar-refractivity contribution in [1.82, 2.24) is 9.97 Å². The van der Waals surface area contributed by atoms with Gasteiger partial charge in [0.05, 0.1) is 16.7 Å². The first-order valence-corrected chi connectivity index (χ1v) is 4.25. The first kappa shape index (κ1) is 8.62. The number of hydrogen-bond acceptors (Lipinski definition) is 3. The number of anilines is 1. The minimum Gasteiger partial charge on any atom is -0.312 e. The summed E-state index contributed by atoms with van der Waals surface area (Å²) in [5.41, 5.74) is 2.33. The molecule has 0 atom stereocenters. The molecule has 70 valence electrons. The number of benzene rings is 1. The molecule has 2 aromatic rings. The zero-order valence-corrected chi connectivity index (χ0v) is 7.69. The molecule has 2 rings (SSSR count). The van der Waals surface area contributed by atoms with Crippen LogP contribution in [0.15, 0.2) is 24.3 Å². The fourth-order valence-corrected chi connectivity index (χ4v) is 1.28. The van der Waals surface area contributed by atoms with Gasteiger partial charge in [-0.25, -0.2) is 9.97 Å². The third-order valence-corrected chi connectivity index (χ3v) is 1.94. The number of carbonyl (C=O) groups is 1. The van der Waals surface area contributed by atoms with Crippen LogP contribution < -0.4 is 5.32 Å². The lowest BCUT2D eigenvalue weighted by Gasteiger charge is -2.03. The Balaban J connectivity index is 2.64. The van der Waals surface area contributed by atoms with Crippen LogP contribution in [0.5, 0.6) is 0 Å². The van der Waals surface area contributed by atoms with Crippen LogP contribution in [0.25, 0.3) is 11.0 Å². The van der Waals surface area contributed by atoms with Crippen LogP contribution in [-0.2, 0) is 4.79 Å². The highest BCUT2D eigenvalue weighted by molar-refractivity contribution is 5.79. The van der Waals surface area contributed by atoms with E-state index in [2.05, 4.69) is 15.3 Å². The molecule has 14 heavy (non-hydrogen) atoms. The van der Waals surface area contributed by atoms with Gasteiger partial charge in [0.2, 0.25) is 6.41 Å². The molecular weight excluding hydrogens is 178 g/mol. The molecule has 1 aromatic heterocycles. The molecule has 0 aliphatic rings. The average molecular weight is 187 g/mol. The van der Waals surface area contributed by atoms with Crippen LogP contribution in [0.2, 0.25) is 0 Å². The van der Waals surface area contributed by atoms with Crippen LogP contribution >= 0.6 is 0 Å². The highest BCUT2D eigenvalue weighted by Gasteiger charge is 2.02. The smallest absolute Gasteiger partial charge is 0.212 e. The predicted molar refractivity (Wildman–Crippen MR) is 54.0 cm³/mol. The second kappa shape index (κ2) is 3.41. The molecule has 0 saturated carbocycles. The van der Waals surface area contributed by atoms with Crippen LogP contribution in [0.1, 0.15) is 5.69 Å². The fourth-order valence-electron chi connectivity index (χ4n) is 1.28. The number of fused-ring (bicyclic) bond motifs is 1. The van der Waals surface area contributed by atoms with Crippen molar-refractivity contribution >= 4 is 23.3 Å². The van der Waals surface area contributed by atoms with Crippen molar-refractivity contribution in [1.29, 1.82) is 0 Å². The number of aryl methyl sites for hydroxylation is 1. The molecule has 1 N–H and O–H groups in total. The summed E-state index contributed by atoms with van der Waals surface area (Å²) in [6, 6.07) is 7.54. The van der Waals surface area contributed by atoms with E-state index in [0.29, 0.717) is 12.2 Å². The van der Waals surface area contributed by atoms with E-state index in [1.807, 2.05) is 31.2 Å². The number of nitrogens with one attached hydrogen (secondary N) is 1. The van der Waals surface area contributed by atoms with Crippen molar-refractivity contribution in [2.75, 3.05) is 5.32 Å². The molecule has 0 aliphatic heterocycles. The summed E-state index contributed by atoms with van der Waals surface area (Å²) in [6.45, 7) is 1.81. The number of amides is 1. The summed E-state index contributed by atoms with van der Waals surface area (Å²) in [7, 11) is 0. The Labute approximate surface area is 81.0 Å². The molecule has 0 aliphatic carbocycles. The van der Waals surface area contributed by atoms with Crippen LogP contribution in [0, 0.1) is 6.92 Å².